The van der Waals surface area contributed by atoms with Gasteiger partial charge in [-0.1, -0.05) is 35.9 Å². The van der Waals surface area contributed by atoms with Crippen LogP contribution in [-0.2, 0) is 11.2 Å². The van der Waals surface area contributed by atoms with Crippen molar-refractivity contribution in [3.05, 3.63) is 47.0 Å². The van der Waals surface area contributed by atoms with Gasteiger partial charge in [0.25, 0.3) is 0 Å². The fraction of sp³-hybridized carbons (Fsp3) is 0.429. The summed E-state index contributed by atoms with van der Waals surface area (Å²) in [7, 11) is 1.81. The van der Waals surface area contributed by atoms with Gasteiger partial charge in [-0.05, 0) is 31.4 Å². The van der Waals surface area contributed by atoms with Crippen molar-refractivity contribution in [2.45, 2.75) is 32.3 Å². The van der Waals surface area contributed by atoms with Crippen molar-refractivity contribution in [2.75, 3.05) is 7.11 Å². The maximum atomic E-state index is 5.56. The molecule has 1 aliphatic rings. The summed E-state index contributed by atoms with van der Waals surface area (Å²) in [6, 6.07) is 8.65. The lowest BCUT2D eigenvalue weighted by Gasteiger charge is -2.15. The van der Waals surface area contributed by atoms with Gasteiger partial charge < -0.3 is 4.74 Å². The second-order valence-corrected chi connectivity index (χ2v) is 4.45. The van der Waals surface area contributed by atoms with E-state index >= 15 is 0 Å². The molecule has 0 saturated carbocycles. The number of methoxy groups -OCH3 is 1. The molecule has 1 heteroatoms. The third kappa shape index (κ3) is 1.98. The van der Waals surface area contributed by atoms with Crippen molar-refractivity contribution in [1.82, 2.24) is 0 Å². The number of hydrogen-bond acceptors (Lipinski definition) is 1. The summed E-state index contributed by atoms with van der Waals surface area (Å²) in [6.45, 7) is 4.29. The molecule has 1 aromatic rings. The number of hydrogen-bond donors (Lipinski definition) is 0. The SMILES string of the molecule is COC1Cc2ccccc2C1C=C(C)C. The second-order valence-electron chi connectivity index (χ2n) is 4.45. The Balaban J connectivity index is 2.38. The molecule has 15 heavy (non-hydrogen) atoms. The van der Waals surface area contributed by atoms with Crippen LogP contribution in [0.3, 0.4) is 0 Å². The van der Waals surface area contributed by atoms with Crippen molar-refractivity contribution in [3.63, 3.8) is 0 Å². The molecule has 0 aliphatic heterocycles. The molecule has 0 spiro atoms. The summed E-state index contributed by atoms with van der Waals surface area (Å²) in [5, 5.41) is 0. The van der Waals surface area contributed by atoms with E-state index in [1.54, 1.807) is 0 Å². The van der Waals surface area contributed by atoms with E-state index in [9.17, 15) is 0 Å². The Kier molecular flexibility index (Phi) is 2.92. The van der Waals surface area contributed by atoms with Crippen molar-refractivity contribution < 1.29 is 4.74 Å². The van der Waals surface area contributed by atoms with Crippen LogP contribution in [0.5, 0.6) is 0 Å². The number of benzene rings is 1. The number of rotatable bonds is 2. The molecule has 2 rings (SSSR count). The van der Waals surface area contributed by atoms with E-state index in [-0.39, 0.29) is 0 Å². The molecule has 1 aromatic carbocycles. The highest BCUT2D eigenvalue weighted by Crippen LogP contribution is 2.36. The predicted octanol–water partition coefficient (Wildman–Crippen LogP) is 3.31. The van der Waals surface area contributed by atoms with Crippen molar-refractivity contribution in [1.29, 1.82) is 0 Å². The number of allylic oxidation sites excluding steroid dienone is 1. The minimum absolute atomic E-state index is 0.317. The van der Waals surface area contributed by atoms with Gasteiger partial charge in [0.05, 0.1) is 6.10 Å². The standard InChI is InChI=1S/C14H18O/c1-10(2)8-13-12-7-5-4-6-11(12)9-14(13)15-3/h4-8,13-14H,9H2,1-3H3. The minimum Gasteiger partial charge on any atom is -0.380 e. The fourth-order valence-corrected chi connectivity index (χ4v) is 2.38. The van der Waals surface area contributed by atoms with E-state index in [0.29, 0.717) is 12.0 Å². The summed E-state index contributed by atoms with van der Waals surface area (Å²) in [4.78, 5) is 0. The van der Waals surface area contributed by atoms with E-state index in [4.69, 9.17) is 4.74 Å². The molecular weight excluding hydrogens is 184 g/mol. The van der Waals surface area contributed by atoms with E-state index in [2.05, 4.69) is 44.2 Å². The summed E-state index contributed by atoms with van der Waals surface area (Å²) in [5.74, 6) is 0.441. The second kappa shape index (κ2) is 4.19. The molecule has 0 fully saturated rings. The maximum absolute atomic E-state index is 5.56. The Morgan fingerprint density at radius 2 is 2.07 bits per heavy atom. The van der Waals surface area contributed by atoms with Crippen LogP contribution in [-0.4, -0.2) is 13.2 Å². The first-order valence-corrected chi connectivity index (χ1v) is 5.48. The third-order valence-electron chi connectivity index (χ3n) is 3.05. The fourth-order valence-electron chi connectivity index (χ4n) is 2.38. The van der Waals surface area contributed by atoms with Gasteiger partial charge in [-0.2, -0.15) is 0 Å². The summed E-state index contributed by atoms with van der Waals surface area (Å²) in [6.07, 6.45) is 3.68. The van der Waals surface area contributed by atoms with Crippen molar-refractivity contribution in [2.24, 2.45) is 0 Å². The molecule has 0 N–H and O–H groups in total. The normalized spacial score (nSPS) is 23.7. The lowest BCUT2D eigenvalue weighted by atomic mass is 9.97. The van der Waals surface area contributed by atoms with Gasteiger partial charge in [-0.3, -0.25) is 0 Å². The highest BCUT2D eigenvalue weighted by Gasteiger charge is 2.30. The number of ether oxygens (including phenoxy) is 1. The quantitative estimate of drug-likeness (QED) is 0.668. The predicted molar refractivity (Wildman–Crippen MR) is 63.1 cm³/mol. The summed E-state index contributed by atoms with van der Waals surface area (Å²) < 4.78 is 5.56. The lowest BCUT2D eigenvalue weighted by Crippen LogP contribution is -2.15. The van der Waals surface area contributed by atoms with Crippen LogP contribution in [0.4, 0.5) is 0 Å². The van der Waals surface area contributed by atoms with Crippen LogP contribution < -0.4 is 0 Å². The average molecular weight is 202 g/mol. The monoisotopic (exact) mass is 202 g/mol. The molecule has 0 radical (unpaired) electrons. The Morgan fingerprint density at radius 3 is 2.73 bits per heavy atom. The van der Waals surface area contributed by atoms with Crippen LogP contribution in [0.1, 0.15) is 30.9 Å². The van der Waals surface area contributed by atoms with Crippen LogP contribution in [0.25, 0.3) is 0 Å². The zero-order valence-electron chi connectivity index (χ0n) is 9.66. The zero-order valence-corrected chi connectivity index (χ0v) is 9.66. The molecule has 2 unspecified atom stereocenters. The van der Waals surface area contributed by atoms with Gasteiger partial charge in [0.1, 0.15) is 0 Å². The molecule has 1 aliphatic carbocycles. The Hall–Kier alpha value is -1.08. The maximum Gasteiger partial charge on any atom is 0.0714 e. The number of fused-ring (bicyclic) bond motifs is 1. The van der Waals surface area contributed by atoms with E-state index in [1.807, 2.05) is 7.11 Å². The molecule has 1 nitrogen and oxygen atoms in total. The minimum atomic E-state index is 0.317. The molecule has 0 saturated heterocycles. The van der Waals surface area contributed by atoms with Gasteiger partial charge in [0, 0.05) is 13.0 Å². The molecule has 2 atom stereocenters. The first kappa shape index (κ1) is 10.4. The Bertz CT molecular complexity index is 375. The topological polar surface area (TPSA) is 9.23 Å². The molecule has 80 valence electrons. The highest BCUT2D eigenvalue weighted by molar-refractivity contribution is 5.40. The van der Waals surface area contributed by atoms with E-state index < -0.39 is 0 Å². The highest BCUT2D eigenvalue weighted by atomic mass is 16.5. The lowest BCUT2D eigenvalue weighted by molar-refractivity contribution is 0.100. The van der Waals surface area contributed by atoms with E-state index in [1.165, 1.54) is 16.7 Å². The summed E-state index contributed by atoms with van der Waals surface area (Å²) in [5.41, 5.74) is 4.23. The molecule has 0 heterocycles. The average Bonchev–Trinajstić information content (AvgIpc) is 2.56. The Labute approximate surface area is 91.8 Å². The van der Waals surface area contributed by atoms with Gasteiger partial charge >= 0.3 is 0 Å². The van der Waals surface area contributed by atoms with Crippen molar-refractivity contribution in [3.8, 4) is 0 Å². The molecular formula is C14H18O. The first-order chi connectivity index (χ1) is 7.22. The van der Waals surface area contributed by atoms with Gasteiger partial charge in [-0.25, -0.2) is 0 Å². The summed E-state index contributed by atoms with van der Waals surface area (Å²) >= 11 is 0. The van der Waals surface area contributed by atoms with E-state index in [0.717, 1.165) is 6.42 Å². The van der Waals surface area contributed by atoms with Crippen molar-refractivity contribution >= 4 is 0 Å². The largest absolute Gasteiger partial charge is 0.380 e. The molecule has 0 amide bonds. The Morgan fingerprint density at radius 1 is 1.33 bits per heavy atom. The molecule has 0 bridgehead atoms. The van der Waals surface area contributed by atoms with Gasteiger partial charge in [0.15, 0.2) is 0 Å². The van der Waals surface area contributed by atoms with Crippen LogP contribution in [0.2, 0.25) is 0 Å². The van der Waals surface area contributed by atoms with Gasteiger partial charge in [0.2, 0.25) is 0 Å². The molecule has 0 aromatic heterocycles. The van der Waals surface area contributed by atoms with Crippen LogP contribution >= 0.6 is 0 Å². The smallest absolute Gasteiger partial charge is 0.0714 e. The van der Waals surface area contributed by atoms with Gasteiger partial charge in [-0.15, -0.1) is 0 Å². The van der Waals surface area contributed by atoms with Crippen LogP contribution in [0.15, 0.2) is 35.9 Å². The zero-order chi connectivity index (χ0) is 10.8. The van der Waals surface area contributed by atoms with Crippen LogP contribution in [0, 0.1) is 0 Å². The third-order valence-corrected chi connectivity index (χ3v) is 3.05. The first-order valence-electron chi connectivity index (χ1n) is 5.48.